The highest BCUT2D eigenvalue weighted by molar-refractivity contribution is 5.28. The molecule has 0 amide bonds. The lowest BCUT2D eigenvalue weighted by atomic mass is 9.96. The van der Waals surface area contributed by atoms with Crippen LogP contribution in [0.1, 0.15) is 42.6 Å². The van der Waals surface area contributed by atoms with Crippen LogP contribution in [0.4, 0.5) is 4.39 Å². The molecule has 110 valence electrons. The number of nitrogens with zero attached hydrogens (tertiary/aromatic N) is 2. The number of hydrogen-bond donors (Lipinski definition) is 0. The van der Waals surface area contributed by atoms with Gasteiger partial charge < -0.3 is 4.74 Å². The van der Waals surface area contributed by atoms with E-state index >= 15 is 0 Å². The van der Waals surface area contributed by atoms with Crippen LogP contribution in [0.2, 0.25) is 0 Å². The standard InChI is InChI=1S/C16H23FN2O/c1-2-14-3-4-15(12-6-8-20-11-12)16(18-14)10-19-7-5-13(17)9-19/h3-4,12-13H,2,5-11H2,1H3/t12-,13?/m1/s1. The topological polar surface area (TPSA) is 25.4 Å². The summed E-state index contributed by atoms with van der Waals surface area (Å²) in [5.41, 5.74) is 3.56. The molecule has 4 heteroatoms. The molecule has 2 atom stereocenters. The molecule has 2 saturated heterocycles. The lowest BCUT2D eigenvalue weighted by molar-refractivity contribution is 0.193. The summed E-state index contributed by atoms with van der Waals surface area (Å²) in [5, 5.41) is 0. The molecule has 0 spiro atoms. The number of likely N-dealkylation sites (tertiary alicyclic amines) is 1. The van der Waals surface area contributed by atoms with E-state index in [0.717, 1.165) is 50.5 Å². The van der Waals surface area contributed by atoms with Gasteiger partial charge in [0.05, 0.1) is 12.3 Å². The summed E-state index contributed by atoms with van der Waals surface area (Å²) in [6, 6.07) is 4.34. The summed E-state index contributed by atoms with van der Waals surface area (Å²) in [6.07, 6.45) is 2.02. The second kappa shape index (κ2) is 6.19. The summed E-state index contributed by atoms with van der Waals surface area (Å²) < 4.78 is 18.8. The Kier molecular flexibility index (Phi) is 4.32. The van der Waals surface area contributed by atoms with Crippen LogP contribution < -0.4 is 0 Å². The highest BCUT2D eigenvalue weighted by Crippen LogP contribution is 2.29. The van der Waals surface area contributed by atoms with Crippen molar-refractivity contribution in [2.24, 2.45) is 0 Å². The number of aromatic nitrogens is 1. The Bertz CT molecular complexity index is 460. The molecule has 0 aromatic carbocycles. The normalized spacial score (nSPS) is 27.3. The first-order valence-corrected chi connectivity index (χ1v) is 7.69. The molecule has 1 aromatic heterocycles. The van der Waals surface area contributed by atoms with Gasteiger partial charge in [-0.25, -0.2) is 4.39 Å². The van der Waals surface area contributed by atoms with E-state index in [0.29, 0.717) is 18.9 Å². The molecular formula is C16H23FN2O. The van der Waals surface area contributed by atoms with E-state index in [1.54, 1.807) is 0 Å². The lowest BCUT2D eigenvalue weighted by Gasteiger charge is -2.19. The van der Waals surface area contributed by atoms with Gasteiger partial charge in [0.2, 0.25) is 0 Å². The predicted octanol–water partition coefficient (Wildman–Crippen LogP) is 2.69. The van der Waals surface area contributed by atoms with Crippen molar-refractivity contribution in [3.05, 3.63) is 29.1 Å². The Morgan fingerprint density at radius 2 is 2.30 bits per heavy atom. The number of aryl methyl sites for hydroxylation is 1. The minimum Gasteiger partial charge on any atom is -0.381 e. The van der Waals surface area contributed by atoms with Gasteiger partial charge in [0.25, 0.3) is 0 Å². The number of ether oxygens (including phenoxy) is 1. The van der Waals surface area contributed by atoms with Crippen LogP contribution in [0, 0.1) is 0 Å². The molecule has 3 nitrogen and oxygen atoms in total. The van der Waals surface area contributed by atoms with E-state index in [1.165, 1.54) is 5.56 Å². The van der Waals surface area contributed by atoms with Crippen LogP contribution >= 0.6 is 0 Å². The van der Waals surface area contributed by atoms with Crippen molar-refractivity contribution in [2.45, 2.75) is 44.8 Å². The van der Waals surface area contributed by atoms with E-state index in [9.17, 15) is 4.39 Å². The highest BCUT2D eigenvalue weighted by atomic mass is 19.1. The van der Waals surface area contributed by atoms with E-state index in [4.69, 9.17) is 9.72 Å². The molecule has 1 unspecified atom stereocenters. The van der Waals surface area contributed by atoms with Gasteiger partial charge in [-0.05, 0) is 30.9 Å². The van der Waals surface area contributed by atoms with Crippen LogP contribution in [0.3, 0.4) is 0 Å². The number of halogens is 1. The molecule has 20 heavy (non-hydrogen) atoms. The fraction of sp³-hybridized carbons (Fsp3) is 0.688. The molecule has 2 fully saturated rings. The largest absolute Gasteiger partial charge is 0.381 e. The zero-order valence-electron chi connectivity index (χ0n) is 12.1. The van der Waals surface area contributed by atoms with Crippen molar-refractivity contribution < 1.29 is 9.13 Å². The first-order valence-electron chi connectivity index (χ1n) is 7.69. The molecule has 1 aromatic rings. The second-order valence-corrected chi connectivity index (χ2v) is 5.87. The van der Waals surface area contributed by atoms with Crippen molar-refractivity contribution in [1.82, 2.24) is 9.88 Å². The van der Waals surface area contributed by atoms with Crippen molar-refractivity contribution in [2.75, 3.05) is 26.3 Å². The molecule has 0 saturated carbocycles. The van der Waals surface area contributed by atoms with Gasteiger partial charge in [-0.15, -0.1) is 0 Å². The van der Waals surface area contributed by atoms with Crippen LogP contribution in [0.5, 0.6) is 0 Å². The molecule has 0 bridgehead atoms. The van der Waals surface area contributed by atoms with Gasteiger partial charge in [0.1, 0.15) is 6.17 Å². The minimum atomic E-state index is -0.664. The quantitative estimate of drug-likeness (QED) is 0.846. The number of rotatable bonds is 4. The third kappa shape index (κ3) is 3.01. The monoisotopic (exact) mass is 278 g/mol. The molecule has 3 rings (SSSR count). The predicted molar refractivity (Wildman–Crippen MR) is 76.6 cm³/mol. The Hall–Kier alpha value is -1.00. The van der Waals surface area contributed by atoms with Crippen LogP contribution in [-0.2, 0) is 17.7 Å². The second-order valence-electron chi connectivity index (χ2n) is 5.87. The van der Waals surface area contributed by atoms with Gasteiger partial charge >= 0.3 is 0 Å². The van der Waals surface area contributed by atoms with Gasteiger partial charge in [0, 0.05) is 37.9 Å². The van der Waals surface area contributed by atoms with Crippen molar-refractivity contribution in [3.8, 4) is 0 Å². The molecule has 3 heterocycles. The van der Waals surface area contributed by atoms with Gasteiger partial charge in [-0.1, -0.05) is 13.0 Å². The Morgan fingerprint density at radius 3 is 2.95 bits per heavy atom. The number of pyridine rings is 1. The third-order valence-corrected chi connectivity index (χ3v) is 4.39. The van der Waals surface area contributed by atoms with E-state index in [2.05, 4.69) is 24.0 Å². The SMILES string of the molecule is CCc1ccc([C@@H]2CCOC2)c(CN2CCC(F)C2)n1. The molecule has 2 aliphatic heterocycles. The molecule has 0 aliphatic carbocycles. The number of hydrogen-bond acceptors (Lipinski definition) is 3. The Balaban J connectivity index is 1.81. The first-order chi connectivity index (χ1) is 9.76. The third-order valence-electron chi connectivity index (χ3n) is 4.39. The first kappa shape index (κ1) is 14.0. The van der Waals surface area contributed by atoms with Crippen LogP contribution in [0.25, 0.3) is 0 Å². The average molecular weight is 278 g/mol. The summed E-state index contributed by atoms with van der Waals surface area (Å²) in [7, 11) is 0. The molecular weight excluding hydrogens is 255 g/mol. The van der Waals surface area contributed by atoms with E-state index < -0.39 is 6.17 Å². The zero-order chi connectivity index (χ0) is 13.9. The lowest BCUT2D eigenvalue weighted by Crippen LogP contribution is -2.23. The van der Waals surface area contributed by atoms with Gasteiger partial charge in [-0.3, -0.25) is 9.88 Å². The van der Waals surface area contributed by atoms with Gasteiger partial charge in [-0.2, -0.15) is 0 Å². The van der Waals surface area contributed by atoms with Crippen molar-refractivity contribution in [3.63, 3.8) is 0 Å². The molecule has 2 aliphatic rings. The zero-order valence-corrected chi connectivity index (χ0v) is 12.1. The van der Waals surface area contributed by atoms with Crippen LogP contribution in [-0.4, -0.2) is 42.4 Å². The summed E-state index contributed by atoms with van der Waals surface area (Å²) >= 11 is 0. The molecule has 0 radical (unpaired) electrons. The van der Waals surface area contributed by atoms with E-state index in [-0.39, 0.29) is 0 Å². The fourth-order valence-electron chi connectivity index (χ4n) is 3.17. The Morgan fingerprint density at radius 1 is 1.40 bits per heavy atom. The molecule has 0 N–H and O–H groups in total. The maximum Gasteiger partial charge on any atom is 0.114 e. The fourth-order valence-corrected chi connectivity index (χ4v) is 3.17. The average Bonchev–Trinajstić information content (AvgIpc) is 3.10. The summed E-state index contributed by atoms with van der Waals surface area (Å²) in [5.74, 6) is 0.465. The smallest absolute Gasteiger partial charge is 0.114 e. The van der Waals surface area contributed by atoms with Crippen LogP contribution in [0.15, 0.2) is 12.1 Å². The van der Waals surface area contributed by atoms with Crippen molar-refractivity contribution in [1.29, 1.82) is 0 Å². The summed E-state index contributed by atoms with van der Waals surface area (Å²) in [6.45, 7) is 5.94. The number of alkyl halides is 1. The van der Waals surface area contributed by atoms with Crippen molar-refractivity contribution >= 4 is 0 Å². The highest BCUT2D eigenvalue weighted by Gasteiger charge is 2.26. The minimum absolute atomic E-state index is 0.465. The Labute approximate surface area is 120 Å². The maximum absolute atomic E-state index is 13.3. The maximum atomic E-state index is 13.3. The summed E-state index contributed by atoms with van der Waals surface area (Å²) in [4.78, 5) is 6.99. The van der Waals surface area contributed by atoms with E-state index in [1.807, 2.05) is 0 Å². The van der Waals surface area contributed by atoms with Gasteiger partial charge in [0.15, 0.2) is 0 Å².